The van der Waals surface area contributed by atoms with Gasteiger partial charge in [0, 0.05) is 17.2 Å². The summed E-state index contributed by atoms with van der Waals surface area (Å²) in [6.45, 7) is 6.20. The van der Waals surface area contributed by atoms with Crippen molar-refractivity contribution in [3.05, 3.63) is 35.9 Å². The van der Waals surface area contributed by atoms with E-state index in [1.807, 2.05) is 37.3 Å². The molecule has 0 aromatic heterocycles. The van der Waals surface area contributed by atoms with E-state index in [1.165, 1.54) is 0 Å². The van der Waals surface area contributed by atoms with Gasteiger partial charge in [0.15, 0.2) is 0 Å². The van der Waals surface area contributed by atoms with Gasteiger partial charge in [0.05, 0.1) is 0 Å². The Bertz CT molecular complexity index is 381. The second-order valence-electron chi connectivity index (χ2n) is 4.91. The SMILES string of the molecule is CC(C)CC(=S)CC(=O)C(C)c1ccccc1. The minimum Gasteiger partial charge on any atom is -0.299 e. The van der Waals surface area contributed by atoms with E-state index in [2.05, 4.69) is 13.8 Å². The number of rotatable bonds is 6. The van der Waals surface area contributed by atoms with Crippen molar-refractivity contribution in [2.45, 2.75) is 39.5 Å². The summed E-state index contributed by atoms with van der Waals surface area (Å²) in [4.78, 5) is 12.9. The van der Waals surface area contributed by atoms with E-state index in [0.717, 1.165) is 16.8 Å². The number of ketones is 1. The van der Waals surface area contributed by atoms with Gasteiger partial charge in [-0.1, -0.05) is 63.3 Å². The Hall–Kier alpha value is -1.02. The third-order valence-corrected chi connectivity index (χ3v) is 3.10. The fraction of sp³-hybridized carbons (Fsp3) is 0.467. The molecule has 0 N–H and O–H groups in total. The number of benzene rings is 1. The number of Topliss-reactive ketones (excluding diaryl/α,β-unsaturated/α-hetero) is 1. The number of carbonyl (C=O) groups excluding carboxylic acids is 1. The van der Waals surface area contributed by atoms with Crippen molar-refractivity contribution in [1.82, 2.24) is 0 Å². The largest absolute Gasteiger partial charge is 0.299 e. The topological polar surface area (TPSA) is 17.1 Å². The molecule has 0 aliphatic rings. The normalized spacial score (nSPS) is 12.5. The van der Waals surface area contributed by atoms with Crippen LogP contribution in [0.25, 0.3) is 0 Å². The average molecular weight is 248 g/mol. The van der Waals surface area contributed by atoms with Crippen molar-refractivity contribution in [2.75, 3.05) is 0 Å². The smallest absolute Gasteiger partial charge is 0.144 e. The molecular formula is C15H20OS. The van der Waals surface area contributed by atoms with Crippen LogP contribution in [0.1, 0.15) is 45.1 Å². The summed E-state index contributed by atoms with van der Waals surface area (Å²) in [5, 5.41) is 0. The number of hydrogen-bond acceptors (Lipinski definition) is 2. The predicted octanol–water partition coefficient (Wildman–Crippen LogP) is 4.17. The van der Waals surface area contributed by atoms with E-state index in [0.29, 0.717) is 12.3 Å². The predicted molar refractivity (Wildman–Crippen MR) is 76.5 cm³/mol. The summed E-state index contributed by atoms with van der Waals surface area (Å²) < 4.78 is 0. The minimum absolute atomic E-state index is 0.0543. The Morgan fingerprint density at radius 2 is 1.76 bits per heavy atom. The van der Waals surface area contributed by atoms with Crippen molar-refractivity contribution in [2.24, 2.45) is 5.92 Å². The highest BCUT2D eigenvalue weighted by atomic mass is 32.1. The van der Waals surface area contributed by atoms with Gasteiger partial charge in [-0.25, -0.2) is 0 Å². The first-order chi connectivity index (χ1) is 8.00. The molecule has 17 heavy (non-hydrogen) atoms. The van der Waals surface area contributed by atoms with E-state index >= 15 is 0 Å². The van der Waals surface area contributed by atoms with Crippen LogP contribution in [0, 0.1) is 5.92 Å². The van der Waals surface area contributed by atoms with Crippen LogP contribution in [0.2, 0.25) is 0 Å². The highest BCUT2D eigenvalue weighted by Crippen LogP contribution is 2.18. The summed E-state index contributed by atoms with van der Waals surface area (Å²) in [7, 11) is 0. The quantitative estimate of drug-likeness (QED) is 0.703. The molecule has 1 aromatic carbocycles. The zero-order chi connectivity index (χ0) is 12.8. The molecule has 1 atom stereocenters. The molecule has 2 heteroatoms. The summed E-state index contributed by atoms with van der Waals surface area (Å²) in [6, 6.07) is 9.88. The summed E-state index contributed by atoms with van der Waals surface area (Å²) in [5.74, 6) is 0.700. The number of thiocarbonyl (C=S) groups is 1. The molecule has 92 valence electrons. The van der Waals surface area contributed by atoms with Crippen LogP contribution in [-0.2, 0) is 4.79 Å². The van der Waals surface area contributed by atoms with Gasteiger partial charge in [-0.05, 0) is 17.9 Å². The second kappa shape index (κ2) is 6.65. The van der Waals surface area contributed by atoms with E-state index in [9.17, 15) is 4.79 Å². The van der Waals surface area contributed by atoms with Crippen molar-refractivity contribution < 1.29 is 4.79 Å². The van der Waals surface area contributed by atoms with Crippen molar-refractivity contribution >= 4 is 22.9 Å². The molecular weight excluding hydrogens is 228 g/mol. The van der Waals surface area contributed by atoms with Gasteiger partial charge in [0.25, 0.3) is 0 Å². The van der Waals surface area contributed by atoms with E-state index in [1.54, 1.807) is 0 Å². The Kier molecular flexibility index (Phi) is 5.49. The fourth-order valence-corrected chi connectivity index (χ4v) is 2.28. The monoisotopic (exact) mass is 248 g/mol. The van der Waals surface area contributed by atoms with Gasteiger partial charge >= 0.3 is 0 Å². The van der Waals surface area contributed by atoms with Crippen LogP contribution >= 0.6 is 12.2 Å². The van der Waals surface area contributed by atoms with Crippen LogP contribution in [0.4, 0.5) is 0 Å². The molecule has 0 aliphatic heterocycles. The van der Waals surface area contributed by atoms with Crippen molar-refractivity contribution in [1.29, 1.82) is 0 Å². The lowest BCUT2D eigenvalue weighted by atomic mass is 9.93. The van der Waals surface area contributed by atoms with Crippen molar-refractivity contribution in [3.8, 4) is 0 Å². The maximum Gasteiger partial charge on any atom is 0.144 e. The molecule has 0 aliphatic carbocycles. The molecule has 0 spiro atoms. The Labute approximate surface area is 109 Å². The van der Waals surface area contributed by atoms with Crippen LogP contribution in [-0.4, -0.2) is 10.6 Å². The zero-order valence-corrected chi connectivity index (χ0v) is 11.6. The second-order valence-corrected chi connectivity index (χ2v) is 5.49. The van der Waals surface area contributed by atoms with Crippen LogP contribution < -0.4 is 0 Å². The maximum atomic E-state index is 12.0. The Balaban J connectivity index is 2.56. The molecule has 0 amide bonds. The van der Waals surface area contributed by atoms with Gasteiger partial charge < -0.3 is 0 Å². The standard InChI is InChI=1S/C15H20OS/c1-11(2)9-14(17)10-15(16)12(3)13-7-5-4-6-8-13/h4-8,11-12H,9-10H2,1-3H3. The van der Waals surface area contributed by atoms with Gasteiger partial charge in [-0.2, -0.15) is 0 Å². The molecule has 1 rings (SSSR count). The summed E-state index contributed by atoms with van der Waals surface area (Å²) in [5.41, 5.74) is 1.07. The lowest BCUT2D eigenvalue weighted by Gasteiger charge is -2.12. The van der Waals surface area contributed by atoms with Crippen LogP contribution in [0.3, 0.4) is 0 Å². The van der Waals surface area contributed by atoms with Crippen LogP contribution in [0.5, 0.6) is 0 Å². The number of hydrogen-bond donors (Lipinski definition) is 0. The first-order valence-electron chi connectivity index (χ1n) is 6.10. The highest BCUT2D eigenvalue weighted by Gasteiger charge is 2.16. The average Bonchev–Trinajstić information content (AvgIpc) is 2.28. The third-order valence-electron chi connectivity index (χ3n) is 2.79. The van der Waals surface area contributed by atoms with E-state index in [-0.39, 0.29) is 11.7 Å². The molecule has 0 bridgehead atoms. The lowest BCUT2D eigenvalue weighted by molar-refractivity contribution is -0.119. The molecule has 1 nitrogen and oxygen atoms in total. The Morgan fingerprint density at radius 1 is 1.18 bits per heavy atom. The summed E-state index contributed by atoms with van der Waals surface area (Å²) >= 11 is 5.25. The summed E-state index contributed by atoms with van der Waals surface area (Å²) in [6.07, 6.45) is 1.30. The zero-order valence-electron chi connectivity index (χ0n) is 10.8. The first-order valence-corrected chi connectivity index (χ1v) is 6.51. The van der Waals surface area contributed by atoms with Gasteiger partial charge in [0.1, 0.15) is 5.78 Å². The highest BCUT2D eigenvalue weighted by molar-refractivity contribution is 7.80. The molecule has 0 heterocycles. The lowest BCUT2D eigenvalue weighted by Crippen LogP contribution is -2.14. The molecule has 1 unspecified atom stereocenters. The maximum absolute atomic E-state index is 12.0. The fourth-order valence-electron chi connectivity index (χ4n) is 1.80. The Morgan fingerprint density at radius 3 is 2.29 bits per heavy atom. The molecule has 0 radical (unpaired) electrons. The molecule has 0 saturated heterocycles. The molecule has 1 aromatic rings. The van der Waals surface area contributed by atoms with Gasteiger partial charge in [-0.3, -0.25) is 4.79 Å². The first kappa shape index (κ1) is 14.0. The molecule has 0 fully saturated rings. The van der Waals surface area contributed by atoms with Crippen molar-refractivity contribution in [3.63, 3.8) is 0 Å². The third kappa shape index (κ3) is 4.78. The number of carbonyl (C=O) groups is 1. The van der Waals surface area contributed by atoms with Gasteiger partial charge in [-0.15, -0.1) is 0 Å². The minimum atomic E-state index is -0.0543. The van der Waals surface area contributed by atoms with Crippen LogP contribution in [0.15, 0.2) is 30.3 Å². The van der Waals surface area contributed by atoms with E-state index < -0.39 is 0 Å². The molecule has 0 saturated carbocycles. The van der Waals surface area contributed by atoms with Gasteiger partial charge in [0.2, 0.25) is 0 Å². The van der Waals surface area contributed by atoms with E-state index in [4.69, 9.17) is 12.2 Å².